The van der Waals surface area contributed by atoms with Gasteiger partial charge in [-0.2, -0.15) is 0 Å². The van der Waals surface area contributed by atoms with Crippen molar-refractivity contribution in [1.82, 2.24) is 10.2 Å². The van der Waals surface area contributed by atoms with Crippen molar-refractivity contribution in [3.8, 4) is 0 Å². The minimum absolute atomic E-state index is 0.0711. The SMILES string of the molecule is Cc1ccc(S(=O)(=O)N(CC(=O)N(Cc2ccccc2)C(Cc2ccccc2)C(=O)NC(C)C)c2ccc(Br)cc2)cc1. The van der Waals surface area contributed by atoms with Crippen molar-refractivity contribution >= 4 is 43.5 Å². The zero-order chi connectivity index (χ0) is 31.0. The van der Waals surface area contributed by atoms with Crippen LogP contribution in [0.3, 0.4) is 0 Å². The summed E-state index contributed by atoms with van der Waals surface area (Å²) in [7, 11) is -4.14. The number of anilines is 1. The van der Waals surface area contributed by atoms with Crippen molar-refractivity contribution in [3.63, 3.8) is 0 Å². The van der Waals surface area contributed by atoms with Crippen LogP contribution >= 0.6 is 15.9 Å². The van der Waals surface area contributed by atoms with Gasteiger partial charge in [0.25, 0.3) is 10.0 Å². The van der Waals surface area contributed by atoms with E-state index in [1.165, 1.54) is 17.0 Å². The van der Waals surface area contributed by atoms with Gasteiger partial charge in [-0.05, 0) is 68.3 Å². The summed E-state index contributed by atoms with van der Waals surface area (Å²) in [6.45, 7) is 5.24. The lowest BCUT2D eigenvalue weighted by atomic mass is 10.0. The standard InChI is InChI=1S/C34H36BrN3O4S/c1-25(2)36-34(40)32(22-27-10-6-4-7-11-27)37(23-28-12-8-5-9-13-28)33(39)24-38(30-18-16-29(35)17-19-30)43(41,42)31-20-14-26(3)15-21-31/h4-21,25,32H,22-24H2,1-3H3,(H,36,40). The van der Waals surface area contributed by atoms with Crippen LogP contribution in [0, 0.1) is 6.92 Å². The highest BCUT2D eigenvalue weighted by molar-refractivity contribution is 9.10. The number of sulfonamides is 1. The number of aryl methyl sites for hydroxylation is 1. The molecule has 0 aliphatic rings. The topological polar surface area (TPSA) is 86.8 Å². The number of carbonyl (C=O) groups is 2. The summed E-state index contributed by atoms with van der Waals surface area (Å²) in [5, 5.41) is 2.97. The highest BCUT2D eigenvalue weighted by Crippen LogP contribution is 2.27. The third-order valence-corrected chi connectivity index (χ3v) is 9.22. The molecule has 0 saturated heterocycles. The Morgan fingerprint density at radius 1 is 0.791 bits per heavy atom. The molecule has 2 amide bonds. The van der Waals surface area contributed by atoms with Gasteiger partial charge < -0.3 is 10.2 Å². The smallest absolute Gasteiger partial charge is 0.264 e. The molecule has 4 aromatic carbocycles. The number of nitrogens with zero attached hydrogens (tertiary/aromatic N) is 2. The van der Waals surface area contributed by atoms with Gasteiger partial charge in [0.15, 0.2) is 0 Å². The third-order valence-electron chi connectivity index (χ3n) is 6.90. The second-order valence-electron chi connectivity index (χ2n) is 10.7. The highest BCUT2D eigenvalue weighted by atomic mass is 79.9. The lowest BCUT2D eigenvalue weighted by Gasteiger charge is -2.34. The number of rotatable bonds is 12. The molecular formula is C34H36BrN3O4S. The van der Waals surface area contributed by atoms with Crippen LogP contribution in [0.15, 0.2) is 119 Å². The molecule has 43 heavy (non-hydrogen) atoms. The van der Waals surface area contributed by atoms with Crippen LogP contribution in [0.4, 0.5) is 5.69 Å². The summed E-state index contributed by atoms with van der Waals surface area (Å²) in [6, 6.07) is 31.1. The Kier molecular flexibility index (Phi) is 10.8. The van der Waals surface area contributed by atoms with Gasteiger partial charge in [-0.3, -0.25) is 13.9 Å². The first-order valence-electron chi connectivity index (χ1n) is 14.1. The predicted molar refractivity (Wildman–Crippen MR) is 174 cm³/mol. The van der Waals surface area contributed by atoms with Gasteiger partial charge in [-0.15, -0.1) is 0 Å². The predicted octanol–water partition coefficient (Wildman–Crippen LogP) is 6.12. The van der Waals surface area contributed by atoms with E-state index < -0.39 is 28.5 Å². The highest BCUT2D eigenvalue weighted by Gasteiger charge is 2.34. The van der Waals surface area contributed by atoms with Gasteiger partial charge >= 0.3 is 0 Å². The maximum Gasteiger partial charge on any atom is 0.264 e. The van der Waals surface area contributed by atoms with Crippen LogP contribution in [0.1, 0.15) is 30.5 Å². The van der Waals surface area contributed by atoms with E-state index in [-0.39, 0.29) is 29.8 Å². The largest absolute Gasteiger partial charge is 0.352 e. The molecule has 1 unspecified atom stereocenters. The van der Waals surface area contributed by atoms with Crippen molar-refractivity contribution in [1.29, 1.82) is 0 Å². The lowest BCUT2D eigenvalue weighted by molar-refractivity contribution is -0.140. The Hall–Kier alpha value is -3.95. The van der Waals surface area contributed by atoms with Crippen LogP contribution in [0.5, 0.6) is 0 Å². The minimum Gasteiger partial charge on any atom is -0.352 e. The van der Waals surface area contributed by atoms with Crippen LogP contribution < -0.4 is 9.62 Å². The van der Waals surface area contributed by atoms with Crippen molar-refractivity contribution in [2.24, 2.45) is 0 Å². The van der Waals surface area contributed by atoms with Gasteiger partial charge in [-0.25, -0.2) is 8.42 Å². The molecule has 1 atom stereocenters. The Labute approximate surface area is 262 Å². The second-order valence-corrected chi connectivity index (χ2v) is 13.5. The number of amides is 2. The van der Waals surface area contributed by atoms with Crippen LogP contribution in [-0.4, -0.2) is 43.8 Å². The third kappa shape index (κ3) is 8.55. The molecule has 4 aromatic rings. The van der Waals surface area contributed by atoms with Crippen LogP contribution in [0.25, 0.3) is 0 Å². The lowest BCUT2D eigenvalue weighted by Crippen LogP contribution is -2.54. The van der Waals surface area contributed by atoms with Crippen LogP contribution in [-0.2, 0) is 32.6 Å². The molecule has 0 aliphatic carbocycles. The molecule has 0 spiro atoms. The Morgan fingerprint density at radius 3 is 1.91 bits per heavy atom. The van der Waals surface area contributed by atoms with Crippen molar-refractivity contribution in [2.45, 2.75) is 50.7 Å². The second kappa shape index (κ2) is 14.5. The average Bonchev–Trinajstić information content (AvgIpc) is 2.99. The molecule has 4 rings (SSSR count). The van der Waals surface area contributed by atoms with Crippen LogP contribution in [0.2, 0.25) is 0 Å². The number of nitrogens with one attached hydrogen (secondary N) is 1. The average molecular weight is 663 g/mol. The molecule has 0 aromatic heterocycles. The van der Waals surface area contributed by atoms with Gasteiger partial charge in [0, 0.05) is 23.5 Å². The number of hydrogen-bond acceptors (Lipinski definition) is 4. The van der Waals surface area contributed by atoms with E-state index in [1.807, 2.05) is 81.4 Å². The van der Waals surface area contributed by atoms with Gasteiger partial charge in [0.2, 0.25) is 11.8 Å². The Morgan fingerprint density at radius 2 is 1.35 bits per heavy atom. The van der Waals surface area contributed by atoms with E-state index in [9.17, 15) is 18.0 Å². The molecule has 0 saturated carbocycles. The fourth-order valence-corrected chi connectivity index (χ4v) is 6.37. The Balaban J connectivity index is 1.78. The fourth-order valence-electron chi connectivity index (χ4n) is 4.69. The normalized spacial score (nSPS) is 12.0. The molecule has 0 radical (unpaired) electrons. The first kappa shape index (κ1) is 32.0. The number of halogens is 1. The summed E-state index contributed by atoms with van der Waals surface area (Å²) in [4.78, 5) is 29.6. The molecule has 224 valence electrons. The molecule has 0 bridgehead atoms. The summed E-state index contributed by atoms with van der Waals surface area (Å²) >= 11 is 3.41. The summed E-state index contributed by atoms with van der Waals surface area (Å²) in [6.07, 6.45) is 0.265. The maximum absolute atomic E-state index is 14.4. The number of carbonyl (C=O) groups excluding carboxylic acids is 2. The zero-order valence-electron chi connectivity index (χ0n) is 24.5. The molecule has 0 fully saturated rings. The monoisotopic (exact) mass is 661 g/mol. The van der Waals surface area contributed by atoms with Crippen molar-refractivity contribution in [2.75, 3.05) is 10.8 Å². The fraction of sp³-hybridized carbons (Fsp3) is 0.235. The van der Waals surface area contributed by atoms with Crippen molar-refractivity contribution in [3.05, 3.63) is 130 Å². The molecule has 0 heterocycles. The summed E-state index contributed by atoms with van der Waals surface area (Å²) < 4.78 is 30.0. The molecule has 1 N–H and O–H groups in total. The summed E-state index contributed by atoms with van der Waals surface area (Å²) in [5.41, 5.74) is 2.96. The van der Waals surface area contributed by atoms with Gasteiger partial charge in [0.05, 0.1) is 10.6 Å². The maximum atomic E-state index is 14.4. The minimum atomic E-state index is -4.14. The Bertz CT molecular complexity index is 1610. The first-order chi connectivity index (χ1) is 20.5. The molecule has 9 heteroatoms. The van der Waals surface area contributed by atoms with E-state index in [4.69, 9.17) is 0 Å². The zero-order valence-corrected chi connectivity index (χ0v) is 26.9. The van der Waals surface area contributed by atoms with Gasteiger partial charge in [-0.1, -0.05) is 94.3 Å². The molecular weight excluding hydrogens is 626 g/mol. The molecule has 7 nitrogen and oxygen atoms in total. The van der Waals surface area contributed by atoms with E-state index in [2.05, 4.69) is 21.2 Å². The molecule has 0 aliphatic heterocycles. The van der Waals surface area contributed by atoms with Gasteiger partial charge in [0.1, 0.15) is 12.6 Å². The van der Waals surface area contributed by atoms with Crippen molar-refractivity contribution < 1.29 is 18.0 Å². The summed E-state index contributed by atoms with van der Waals surface area (Å²) in [5.74, 6) is -0.804. The number of hydrogen-bond donors (Lipinski definition) is 1. The number of benzene rings is 4. The van der Waals surface area contributed by atoms with E-state index in [1.54, 1.807) is 36.4 Å². The van der Waals surface area contributed by atoms with E-state index in [0.29, 0.717) is 5.69 Å². The van der Waals surface area contributed by atoms with E-state index in [0.717, 1.165) is 25.5 Å². The quantitative estimate of drug-likeness (QED) is 0.198. The first-order valence-corrected chi connectivity index (χ1v) is 16.3. The van der Waals surface area contributed by atoms with E-state index >= 15 is 0 Å².